The second kappa shape index (κ2) is 7.53. The Morgan fingerprint density at radius 2 is 1.72 bits per heavy atom. The number of hydrogen-bond donors (Lipinski definition) is 3. The molecule has 6 heteroatoms. The van der Waals surface area contributed by atoms with Crippen LogP contribution >= 0.6 is 0 Å². The van der Waals surface area contributed by atoms with Gasteiger partial charge in [-0.05, 0) is 12.5 Å². The maximum Gasteiger partial charge on any atom is 0.404 e. The van der Waals surface area contributed by atoms with Crippen LogP contribution in [-0.2, 0) is 0 Å². The van der Waals surface area contributed by atoms with Gasteiger partial charge in [-0.2, -0.15) is 0 Å². The SMILES string of the molecule is O=C(O)NCCCOc1c(-c2ccccc2)[nH]c(=O)c2ccccc12. The number of fused-ring (bicyclic) bond motifs is 1. The Hall–Kier alpha value is -3.28. The second-order valence-electron chi connectivity index (χ2n) is 5.50. The lowest BCUT2D eigenvalue weighted by Crippen LogP contribution is -2.23. The zero-order chi connectivity index (χ0) is 17.6. The van der Waals surface area contributed by atoms with Crippen molar-refractivity contribution in [1.29, 1.82) is 0 Å². The third-order valence-electron chi connectivity index (χ3n) is 3.79. The highest BCUT2D eigenvalue weighted by molar-refractivity contribution is 5.92. The number of hydrogen-bond acceptors (Lipinski definition) is 3. The van der Waals surface area contributed by atoms with Gasteiger partial charge in [-0.15, -0.1) is 0 Å². The Labute approximate surface area is 144 Å². The summed E-state index contributed by atoms with van der Waals surface area (Å²) in [5, 5.41) is 12.2. The van der Waals surface area contributed by atoms with Gasteiger partial charge in [0.05, 0.1) is 17.7 Å². The topological polar surface area (TPSA) is 91.4 Å². The predicted octanol–water partition coefficient (Wildman–Crippen LogP) is 3.23. The molecule has 2 aromatic carbocycles. The molecular weight excluding hydrogens is 320 g/mol. The molecule has 0 spiro atoms. The van der Waals surface area contributed by atoms with Crippen molar-refractivity contribution in [1.82, 2.24) is 10.3 Å². The molecule has 6 nitrogen and oxygen atoms in total. The van der Waals surface area contributed by atoms with E-state index in [0.29, 0.717) is 36.4 Å². The first kappa shape index (κ1) is 16.6. The molecule has 1 aromatic heterocycles. The van der Waals surface area contributed by atoms with Gasteiger partial charge in [-0.1, -0.05) is 48.5 Å². The zero-order valence-corrected chi connectivity index (χ0v) is 13.5. The molecular formula is C19H18N2O4. The smallest absolute Gasteiger partial charge is 0.404 e. The first-order valence-corrected chi connectivity index (χ1v) is 7.97. The van der Waals surface area contributed by atoms with E-state index in [4.69, 9.17) is 9.84 Å². The molecule has 3 aromatic rings. The van der Waals surface area contributed by atoms with E-state index in [-0.39, 0.29) is 5.56 Å². The molecule has 1 heterocycles. The Balaban J connectivity index is 1.97. The van der Waals surface area contributed by atoms with E-state index in [0.717, 1.165) is 10.9 Å². The Morgan fingerprint density at radius 3 is 2.44 bits per heavy atom. The highest BCUT2D eigenvalue weighted by atomic mass is 16.5. The quantitative estimate of drug-likeness (QED) is 0.602. The van der Waals surface area contributed by atoms with Gasteiger partial charge in [-0.3, -0.25) is 4.79 Å². The molecule has 128 valence electrons. The number of rotatable bonds is 6. The third kappa shape index (κ3) is 3.80. The van der Waals surface area contributed by atoms with Crippen LogP contribution in [-0.4, -0.2) is 29.3 Å². The molecule has 0 atom stereocenters. The van der Waals surface area contributed by atoms with Gasteiger partial charge in [-0.25, -0.2) is 4.79 Å². The maximum atomic E-state index is 12.4. The highest BCUT2D eigenvalue weighted by Crippen LogP contribution is 2.33. The van der Waals surface area contributed by atoms with Crippen LogP contribution in [0.25, 0.3) is 22.0 Å². The van der Waals surface area contributed by atoms with Crippen molar-refractivity contribution in [3.05, 3.63) is 65.0 Å². The lowest BCUT2D eigenvalue weighted by Gasteiger charge is -2.14. The molecule has 0 aliphatic carbocycles. The van der Waals surface area contributed by atoms with Crippen molar-refractivity contribution in [3.63, 3.8) is 0 Å². The van der Waals surface area contributed by atoms with Crippen LogP contribution in [0.5, 0.6) is 5.75 Å². The fraction of sp³-hybridized carbons (Fsp3) is 0.158. The van der Waals surface area contributed by atoms with Crippen LogP contribution in [0, 0.1) is 0 Å². The summed E-state index contributed by atoms with van der Waals surface area (Å²) in [4.78, 5) is 25.8. The van der Waals surface area contributed by atoms with Crippen LogP contribution in [0.4, 0.5) is 4.79 Å². The van der Waals surface area contributed by atoms with Crippen molar-refractivity contribution in [3.8, 4) is 17.0 Å². The van der Waals surface area contributed by atoms with Gasteiger partial charge >= 0.3 is 6.09 Å². The minimum atomic E-state index is -1.06. The monoisotopic (exact) mass is 338 g/mol. The molecule has 3 rings (SSSR count). The van der Waals surface area contributed by atoms with Crippen molar-refractivity contribution in [2.45, 2.75) is 6.42 Å². The largest absolute Gasteiger partial charge is 0.491 e. The molecule has 0 bridgehead atoms. The fourth-order valence-corrected chi connectivity index (χ4v) is 2.65. The molecule has 0 aliphatic rings. The zero-order valence-electron chi connectivity index (χ0n) is 13.5. The van der Waals surface area contributed by atoms with Crippen molar-refractivity contribution in [2.75, 3.05) is 13.2 Å². The number of aromatic amines is 1. The molecule has 0 radical (unpaired) electrons. The fourth-order valence-electron chi connectivity index (χ4n) is 2.65. The standard InChI is InChI=1S/C19H18N2O4/c22-18-15-10-5-4-9-14(15)17(25-12-6-11-20-19(23)24)16(21-18)13-7-2-1-3-8-13/h1-5,7-10,20H,6,11-12H2,(H,21,22)(H,23,24). The van der Waals surface area contributed by atoms with Gasteiger partial charge in [0.15, 0.2) is 5.75 Å². The van der Waals surface area contributed by atoms with Gasteiger partial charge in [0.1, 0.15) is 0 Å². The van der Waals surface area contributed by atoms with E-state index in [1.807, 2.05) is 42.5 Å². The molecule has 0 aliphatic heterocycles. The van der Waals surface area contributed by atoms with Crippen molar-refractivity contribution in [2.24, 2.45) is 0 Å². The summed E-state index contributed by atoms with van der Waals surface area (Å²) in [6.45, 7) is 0.632. The minimum absolute atomic E-state index is 0.172. The van der Waals surface area contributed by atoms with E-state index in [1.165, 1.54) is 0 Å². The Bertz CT molecular complexity index is 935. The molecule has 0 saturated heterocycles. The summed E-state index contributed by atoms with van der Waals surface area (Å²) in [6, 6.07) is 16.8. The lowest BCUT2D eigenvalue weighted by atomic mass is 10.1. The van der Waals surface area contributed by atoms with Gasteiger partial charge in [0, 0.05) is 17.5 Å². The maximum absolute atomic E-state index is 12.4. The van der Waals surface area contributed by atoms with Crippen LogP contribution in [0.1, 0.15) is 6.42 Å². The molecule has 25 heavy (non-hydrogen) atoms. The molecule has 0 unspecified atom stereocenters. The van der Waals surface area contributed by atoms with Gasteiger partial charge < -0.3 is 20.1 Å². The first-order chi connectivity index (χ1) is 12.2. The number of H-pyrrole nitrogens is 1. The molecule has 1 amide bonds. The lowest BCUT2D eigenvalue weighted by molar-refractivity contribution is 0.193. The van der Waals surface area contributed by atoms with Crippen LogP contribution in [0.3, 0.4) is 0 Å². The summed E-state index contributed by atoms with van der Waals surface area (Å²) in [6.07, 6.45) is -0.534. The minimum Gasteiger partial charge on any atom is -0.491 e. The summed E-state index contributed by atoms with van der Waals surface area (Å²) in [7, 11) is 0. The van der Waals surface area contributed by atoms with Gasteiger partial charge in [0.2, 0.25) is 0 Å². The van der Waals surface area contributed by atoms with E-state index < -0.39 is 6.09 Å². The first-order valence-electron chi connectivity index (χ1n) is 7.97. The average Bonchev–Trinajstić information content (AvgIpc) is 2.63. The Kier molecular flexibility index (Phi) is 4.99. The number of nitrogens with one attached hydrogen (secondary N) is 2. The number of aromatic nitrogens is 1. The Morgan fingerprint density at radius 1 is 1.04 bits per heavy atom. The predicted molar refractivity (Wildman–Crippen MR) is 96.1 cm³/mol. The average molecular weight is 338 g/mol. The van der Waals surface area contributed by atoms with E-state index in [9.17, 15) is 9.59 Å². The van der Waals surface area contributed by atoms with Crippen molar-refractivity contribution >= 4 is 16.9 Å². The normalized spacial score (nSPS) is 10.6. The molecule has 0 fully saturated rings. The number of carboxylic acid groups (broad SMARTS) is 1. The van der Waals surface area contributed by atoms with Crippen molar-refractivity contribution < 1.29 is 14.6 Å². The summed E-state index contributed by atoms with van der Waals surface area (Å²) >= 11 is 0. The highest BCUT2D eigenvalue weighted by Gasteiger charge is 2.14. The third-order valence-corrected chi connectivity index (χ3v) is 3.79. The molecule has 0 saturated carbocycles. The second-order valence-corrected chi connectivity index (χ2v) is 5.50. The van der Waals surface area contributed by atoms with Gasteiger partial charge in [0.25, 0.3) is 5.56 Å². The number of carbonyl (C=O) groups is 1. The summed E-state index contributed by atoms with van der Waals surface area (Å²) in [5.41, 5.74) is 1.30. The number of amides is 1. The van der Waals surface area contributed by atoms with E-state index in [2.05, 4.69) is 10.3 Å². The summed E-state index contributed by atoms with van der Waals surface area (Å²) in [5.74, 6) is 0.594. The summed E-state index contributed by atoms with van der Waals surface area (Å²) < 4.78 is 5.94. The van der Waals surface area contributed by atoms with Crippen LogP contribution in [0.2, 0.25) is 0 Å². The van der Waals surface area contributed by atoms with Crippen LogP contribution < -0.4 is 15.6 Å². The van der Waals surface area contributed by atoms with Crippen LogP contribution in [0.15, 0.2) is 59.4 Å². The van der Waals surface area contributed by atoms with E-state index >= 15 is 0 Å². The van der Waals surface area contributed by atoms with E-state index in [1.54, 1.807) is 12.1 Å². The number of pyridine rings is 1. The number of ether oxygens (including phenoxy) is 1. The molecule has 3 N–H and O–H groups in total. The number of benzene rings is 2.